The first-order chi connectivity index (χ1) is 8.10. The molecule has 0 saturated heterocycles. The van der Waals surface area contributed by atoms with Gasteiger partial charge in [0.1, 0.15) is 0 Å². The van der Waals surface area contributed by atoms with E-state index in [1.807, 2.05) is 4.90 Å². The number of thiol groups is 1. The third-order valence-corrected chi connectivity index (χ3v) is 4.86. The van der Waals surface area contributed by atoms with Crippen molar-refractivity contribution in [2.45, 2.75) is 52.9 Å². The fourth-order valence-electron chi connectivity index (χ4n) is 2.27. The van der Waals surface area contributed by atoms with Crippen LogP contribution in [-0.2, 0) is 4.79 Å². The highest BCUT2D eigenvalue weighted by Gasteiger charge is 2.43. The van der Waals surface area contributed by atoms with Gasteiger partial charge in [0.25, 0.3) is 0 Å². The van der Waals surface area contributed by atoms with E-state index in [9.17, 15) is 4.79 Å². The van der Waals surface area contributed by atoms with E-state index >= 15 is 0 Å². The second-order valence-electron chi connectivity index (χ2n) is 5.45. The summed E-state index contributed by atoms with van der Waals surface area (Å²) in [5.74, 6) is 1.86. The van der Waals surface area contributed by atoms with E-state index in [-0.39, 0.29) is 5.41 Å². The minimum absolute atomic E-state index is 0.252. The molecular formula is C14H27NOS. The van der Waals surface area contributed by atoms with Crippen LogP contribution < -0.4 is 0 Å². The average molecular weight is 257 g/mol. The average Bonchev–Trinajstić information content (AvgIpc) is 3.11. The van der Waals surface area contributed by atoms with E-state index in [4.69, 9.17) is 0 Å². The second-order valence-corrected chi connectivity index (χ2v) is 5.77. The van der Waals surface area contributed by atoms with Gasteiger partial charge in [0.15, 0.2) is 0 Å². The molecule has 100 valence electrons. The molecule has 2 nitrogen and oxygen atoms in total. The molecule has 0 heterocycles. The lowest BCUT2D eigenvalue weighted by atomic mass is 10.0. The second kappa shape index (κ2) is 6.67. The van der Waals surface area contributed by atoms with Crippen LogP contribution in [-0.4, -0.2) is 29.6 Å². The quantitative estimate of drug-likeness (QED) is 0.661. The molecule has 0 N–H and O–H groups in total. The van der Waals surface area contributed by atoms with E-state index in [0.29, 0.717) is 18.2 Å². The van der Waals surface area contributed by atoms with E-state index in [1.165, 1.54) is 12.8 Å². The molecule has 0 spiro atoms. The van der Waals surface area contributed by atoms with E-state index in [1.54, 1.807) is 0 Å². The van der Waals surface area contributed by atoms with Gasteiger partial charge in [-0.2, -0.15) is 12.6 Å². The fourth-order valence-corrected chi connectivity index (χ4v) is 2.69. The summed E-state index contributed by atoms with van der Waals surface area (Å²) in [4.78, 5) is 14.3. The molecule has 0 atom stereocenters. The number of nitrogens with zero attached hydrogens (tertiary/aromatic N) is 1. The predicted octanol–water partition coefficient (Wildman–Crippen LogP) is 3.37. The monoisotopic (exact) mass is 257 g/mol. The van der Waals surface area contributed by atoms with Crippen molar-refractivity contribution in [1.29, 1.82) is 0 Å². The van der Waals surface area contributed by atoms with Gasteiger partial charge in [-0.1, -0.05) is 26.7 Å². The Labute approximate surface area is 112 Å². The molecular weight excluding hydrogens is 230 g/mol. The highest BCUT2D eigenvalue weighted by Crippen LogP contribution is 2.49. The van der Waals surface area contributed by atoms with Gasteiger partial charge in [0, 0.05) is 19.5 Å². The van der Waals surface area contributed by atoms with Crippen molar-refractivity contribution in [3.63, 3.8) is 0 Å². The van der Waals surface area contributed by atoms with Crippen molar-refractivity contribution >= 4 is 18.5 Å². The van der Waals surface area contributed by atoms with Gasteiger partial charge in [-0.15, -0.1) is 0 Å². The SMILES string of the molecule is CCC(CC)CN(CC)C(=O)CC1(CS)CC1. The standard InChI is InChI=1S/C14H27NOS/c1-4-12(5-2)10-15(6-3)13(16)9-14(11-17)7-8-14/h12,17H,4-11H2,1-3H3. The van der Waals surface area contributed by atoms with Crippen LogP contribution in [0.1, 0.15) is 52.9 Å². The smallest absolute Gasteiger partial charge is 0.223 e. The fraction of sp³-hybridized carbons (Fsp3) is 0.929. The van der Waals surface area contributed by atoms with Gasteiger partial charge in [-0.05, 0) is 36.9 Å². The highest BCUT2D eigenvalue weighted by atomic mass is 32.1. The Kier molecular flexibility index (Phi) is 5.84. The molecule has 0 aromatic carbocycles. The Morgan fingerprint density at radius 1 is 1.29 bits per heavy atom. The molecule has 0 aliphatic heterocycles. The number of rotatable bonds is 8. The topological polar surface area (TPSA) is 20.3 Å². The van der Waals surface area contributed by atoms with Crippen LogP contribution >= 0.6 is 12.6 Å². The van der Waals surface area contributed by atoms with Crippen LogP contribution in [0.25, 0.3) is 0 Å². The molecule has 0 aromatic heterocycles. The Hall–Kier alpha value is -0.180. The zero-order valence-corrected chi connectivity index (χ0v) is 12.4. The lowest BCUT2D eigenvalue weighted by Crippen LogP contribution is -2.36. The Morgan fingerprint density at radius 3 is 2.24 bits per heavy atom. The molecule has 3 heteroatoms. The van der Waals surface area contributed by atoms with Gasteiger partial charge in [-0.25, -0.2) is 0 Å². The molecule has 1 fully saturated rings. The van der Waals surface area contributed by atoms with E-state index < -0.39 is 0 Å². The number of hydrogen-bond acceptors (Lipinski definition) is 2. The summed E-state index contributed by atoms with van der Waals surface area (Å²) in [5.41, 5.74) is 0.252. The summed E-state index contributed by atoms with van der Waals surface area (Å²) in [6, 6.07) is 0. The molecule has 17 heavy (non-hydrogen) atoms. The number of carbonyl (C=O) groups is 1. The van der Waals surface area contributed by atoms with Gasteiger partial charge < -0.3 is 4.90 Å². The first-order valence-electron chi connectivity index (χ1n) is 6.99. The van der Waals surface area contributed by atoms with E-state index in [2.05, 4.69) is 33.4 Å². The van der Waals surface area contributed by atoms with Crippen LogP contribution in [0.15, 0.2) is 0 Å². The summed E-state index contributed by atoms with van der Waals surface area (Å²) in [6.45, 7) is 8.29. The summed E-state index contributed by atoms with van der Waals surface area (Å²) in [6.07, 6.45) is 5.41. The van der Waals surface area contributed by atoms with Crippen molar-refractivity contribution in [2.75, 3.05) is 18.8 Å². The molecule has 0 aromatic rings. The largest absolute Gasteiger partial charge is 0.343 e. The first kappa shape index (κ1) is 14.9. The van der Waals surface area contributed by atoms with Crippen molar-refractivity contribution < 1.29 is 4.79 Å². The van der Waals surface area contributed by atoms with Gasteiger partial charge in [0.2, 0.25) is 5.91 Å². The summed E-state index contributed by atoms with van der Waals surface area (Å²) >= 11 is 4.37. The summed E-state index contributed by atoms with van der Waals surface area (Å²) in [5, 5.41) is 0. The van der Waals surface area contributed by atoms with E-state index in [0.717, 1.165) is 31.7 Å². The lowest BCUT2D eigenvalue weighted by molar-refractivity contribution is -0.132. The lowest BCUT2D eigenvalue weighted by Gasteiger charge is -2.27. The predicted molar refractivity (Wildman–Crippen MR) is 76.5 cm³/mol. The van der Waals surface area contributed by atoms with Crippen LogP contribution in [0.4, 0.5) is 0 Å². The Bertz CT molecular complexity index is 247. The minimum Gasteiger partial charge on any atom is -0.343 e. The van der Waals surface area contributed by atoms with Crippen LogP contribution in [0.3, 0.4) is 0 Å². The summed E-state index contributed by atoms with van der Waals surface area (Å²) < 4.78 is 0. The van der Waals surface area contributed by atoms with Crippen molar-refractivity contribution in [1.82, 2.24) is 4.90 Å². The Morgan fingerprint density at radius 2 is 1.88 bits per heavy atom. The zero-order valence-electron chi connectivity index (χ0n) is 11.5. The maximum atomic E-state index is 12.2. The van der Waals surface area contributed by atoms with Crippen LogP contribution in [0.5, 0.6) is 0 Å². The maximum absolute atomic E-state index is 12.2. The molecule has 0 radical (unpaired) electrons. The normalized spacial score (nSPS) is 17.2. The van der Waals surface area contributed by atoms with Gasteiger partial charge >= 0.3 is 0 Å². The Balaban J connectivity index is 2.46. The molecule has 1 rings (SSSR count). The molecule has 0 unspecified atom stereocenters. The number of amides is 1. The van der Waals surface area contributed by atoms with Crippen molar-refractivity contribution in [2.24, 2.45) is 11.3 Å². The maximum Gasteiger partial charge on any atom is 0.223 e. The summed E-state index contributed by atoms with van der Waals surface area (Å²) in [7, 11) is 0. The first-order valence-corrected chi connectivity index (χ1v) is 7.62. The third kappa shape index (κ3) is 4.20. The number of carbonyl (C=O) groups excluding carboxylic acids is 1. The molecule has 1 amide bonds. The van der Waals surface area contributed by atoms with Crippen molar-refractivity contribution in [3.05, 3.63) is 0 Å². The third-order valence-electron chi connectivity index (χ3n) is 4.19. The van der Waals surface area contributed by atoms with Gasteiger partial charge in [-0.3, -0.25) is 4.79 Å². The van der Waals surface area contributed by atoms with Gasteiger partial charge in [0.05, 0.1) is 0 Å². The zero-order chi connectivity index (χ0) is 12.9. The van der Waals surface area contributed by atoms with Crippen molar-refractivity contribution in [3.8, 4) is 0 Å². The molecule has 1 saturated carbocycles. The number of hydrogen-bond donors (Lipinski definition) is 1. The molecule has 0 bridgehead atoms. The molecule has 1 aliphatic rings. The van der Waals surface area contributed by atoms with Crippen LogP contribution in [0.2, 0.25) is 0 Å². The molecule has 1 aliphatic carbocycles. The highest BCUT2D eigenvalue weighted by molar-refractivity contribution is 7.80. The minimum atomic E-state index is 0.252. The van der Waals surface area contributed by atoms with Crippen LogP contribution in [0, 0.1) is 11.3 Å².